The first kappa shape index (κ1) is 16.4. The summed E-state index contributed by atoms with van der Waals surface area (Å²) in [4.78, 5) is 10.9. The predicted octanol–water partition coefficient (Wildman–Crippen LogP) is 5.70. The molecule has 2 aliphatic heterocycles. The van der Waals surface area contributed by atoms with E-state index in [1.807, 2.05) is 12.1 Å². The lowest BCUT2D eigenvalue weighted by atomic mass is 9.94. The van der Waals surface area contributed by atoms with Crippen LogP contribution in [-0.2, 0) is 6.61 Å². The second-order valence-corrected chi connectivity index (χ2v) is 8.32. The van der Waals surface area contributed by atoms with Crippen molar-refractivity contribution in [1.82, 2.24) is 14.9 Å². The van der Waals surface area contributed by atoms with Gasteiger partial charge in [-0.3, -0.25) is 4.90 Å². The van der Waals surface area contributed by atoms with Crippen LogP contribution in [0.3, 0.4) is 0 Å². The summed E-state index contributed by atoms with van der Waals surface area (Å²) in [5.74, 6) is 1.98. The van der Waals surface area contributed by atoms with Gasteiger partial charge in [0.1, 0.15) is 18.2 Å². The highest BCUT2D eigenvalue weighted by molar-refractivity contribution is 6.30. The molecule has 6 rings (SSSR count). The van der Waals surface area contributed by atoms with E-state index in [2.05, 4.69) is 47.3 Å². The minimum Gasteiger partial charge on any atom is -0.488 e. The highest BCUT2D eigenvalue weighted by Crippen LogP contribution is 2.42. The summed E-state index contributed by atoms with van der Waals surface area (Å²) in [6, 6.07) is 15.1. The molecule has 1 saturated heterocycles. The largest absolute Gasteiger partial charge is 0.488 e. The van der Waals surface area contributed by atoms with Gasteiger partial charge < -0.3 is 9.72 Å². The maximum Gasteiger partial charge on any atom is 0.128 e. The van der Waals surface area contributed by atoms with Crippen molar-refractivity contribution in [3.63, 3.8) is 0 Å². The molecule has 3 aromatic carbocycles. The summed E-state index contributed by atoms with van der Waals surface area (Å²) in [7, 11) is 2.18. The molecule has 1 N–H and O–H groups in total. The van der Waals surface area contributed by atoms with E-state index in [0.717, 1.165) is 57.1 Å². The first-order valence-corrected chi connectivity index (χ1v) is 10.1. The maximum atomic E-state index is 6.16. The van der Waals surface area contributed by atoms with Gasteiger partial charge in [0, 0.05) is 16.0 Å². The third-order valence-electron chi connectivity index (χ3n) is 6.16. The van der Waals surface area contributed by atoms with Crippen LogP contribution >= 0.6 is 11.6 Å². The van der Waals surface area contributed by atoms with E-state index < -0.39 is 0 Å². The molecule has 28 heavy (non-hydrogen) atoms. The van der Waals surface area contributed by atoms with Crippen molar-refractivity contribution in [2.75, 3.05) is 13.6 Å². The first-order chi connectivity index (χ1) is 13.7. The Morgan fingerprint density at radius 3 is 2.93 bits per heavy atom. The molecule has 4 aromatic rings. The zero-order valence-corrected chi connectivity index (χ0v) is 16.4. The smallest absolute Gasteiger partial charge is 0.128 e. The van der Waals surface area contributed by atoms with E-state index in [1.165, 1.54) is 17.4 Å². The van der Waals surface area contributed by atoms with Crippen LogP contribution < -0.4 is 4.74 Å². The van der Waals surface area contributed by atoms with E-state index in [0.29, 0.717) is 12.6 Å². The van der Waals surface area contributed by atoms with Gasteiger partial charge in [-0.05, 0) is 73.3 Å². The summed E-state index contributed by atoms with van der Waals surface area (Å²) in [6.45, 7) is 1.68. The highest BCUT2D eigenvalue weighted by Gasteiger charge is 2.26. The molecule has 1 fully saturated rings. The number of aromatic amines is 1. The number of H-pyrrole nitrogens is 1. The normalized spacial score (nSPS) is 19.0. The van der Waals surface area contributed by atoms with Crippen LogP contribution in [0.1, 0.15) is 30.3 Å². The number of halogens is 1. The zero-order valence-electron chi connectivity index (χ0n) is 15.6. The van der Waals surface area contributed by atoms with Gasteiger partial charge in [-0.1, -0.05) is 23.7 Å². The molecule has 140 valence electrons. The van der Waals surface area contributed by atoms with Gasteiger partial charge in [0.2, 0.25) is 0 Å². The van der Waals surface area contributed by atoms with E-state index in [9.17, 15) is 0 Å². The fourth-order valence-corrected chi connectivity index (χ4v) is 4.88. The fourth-order valence-electron chi connectivity index (χ4n) is 4.69. The standard InChI is InChI=1S/C23H20ClN3O/c1-27-8-2-3-20(27)23-25-19-7-4-13-10-18-16-6-5-15(24)9-14(16)12-28-21(18)11-17(13)22(19)26-23/h4-7,9-11,20H,2-3,8,12H2,1H3,(H,25,26)/t20-/m0/s1. The molecule has 0 aliphatic carbocycles. The second kappa shape index (κ2) is 5.97. The van der Waals surface area contributed by atoms with E-state index in [1.54, 1.807) is 0 Å². The first-order valence-electron chi connectivity index (χ1n) is 9.75. The van der Waals surface area contributed by atoms with E-state index >= 15 is 0 Å². The Bertz CT molecular complexity index is 1250. The molecule has 2 aliphatic rings. The molecule has 0 amide bonds. The van der Waals surface area contributed by atoms with Crippen molar-refractivity contribution in [2.24, 2.45) is 0 Å². The van der Waals surface area contributed by atoms with Gasteiger partial charge in [0.15, 0.2) is 0 Å². The minimum absolute atomic E-state index is 0.382. The number of hydrogen-bond acceptors (Lipinski definition) is 3. The Morgan fingerprint density at radius 1 is 1.14 bits per heavy atom. The Morgan fingerprint density at radius 2 is 2.07 bits per heavy atom. The predicted molar refractivity (Wildman–Crippen MR) is 113 cm³/mol. The highest BCUT2D eigenvalue weighted by atomic mass is 35.5. The average molecular weight is 390 g/mol. The van der Waals surface area contributed by atoms with Crippen LogP contribution in [0.5, 0.6) is 5.75 Å². The van der Waals surface area contributed by atoms with Crippen LogP contribution in [0.15, 0.2) is 42.5 Å². The number of ether oxygens (including phenoxy) is 1. The quantitative estimate of drug-likeness (QED) is 0.454. The summed E-state index contributed by atoms with van der Waals surface area (Å²) in [5.41, 5.74) is 5.57. The van der Waals surface area contributed by atoms with E-state index in [4.69, 9.17) is 21.3 Å². The van der Waals surface area contributed by atoms with Gasteiger partial charge in [0.25, 0.3) is 0 Å². The van der Waals surface area contributed by atoms with E-state index in [-0.39, 0.29) is 0 Å². The number of hydrogen-bond donors (Lipinski definition) is 1. The number of likely N-dealkylation sites (tertiary alicyclic amines) is 1. The van der Waals surface area contributed by atoms with Crippen molar-refractivity contribution < 1.29 is 4.74 Å². The Labute approximate surface area is 168 Å². The molecule has 3 heterocycles. The zero-order chi connectivity index (χ0) is 18.8. The van der Waals surface area contributed by atoms with Crippen molar-refractivity contribution in [3.05, 3.63) is 58.9 Å². The maximum absolute atomic E-state index is 6.16. The van der Waals surface area contributed by atoms with Gasteiger partial charge in [0.05, 0.1) is 17.1 Å². The molecule has 1 aromatic heterocycles. The molecule has 0 bridgehead atoms. The molecule has 1 atom stereocenters. The van der Waals surface area contributed by atoms with Crippen molar-refractivity contribution in [1.29, 1.82) is 0 Å². The van der Waals surface area contributed by atoms with Crippen LogP contribution in [0.4, 0.5) is 0 Å². The summed E-state index contributed by atoms with van der Waals surface area (Å²) >= 11 is 6.16. The van der Waals surface area contributed by atoms with Gasteiger partial charge >= 0.3 is 0 Å². The number of benzene rings is 3. The summed E-state index contributed by atoms with van der Waals surface area (Å²) < 4.78 is 6.08. The molecule has 0 radical (unpaired) electrons. The lowest BCUT2D eigenvalue weighted by Crippen LogP contribution is -2.18. The van der Waals surface area contributed by atoms with Crippen LogP contribution in [0, 0.1) is 0 Å². The van der Waals surface area contributed by atoms with Gasteiger partial charge in [-0.25, -0.2) is 4.98 Å². The number of rotatable bonds is 1. The fraction of sp³-hybridized carbons (Fsp3) is 0.261. The molecule has 0 spiro atoms. The van der Waals surface area contributed by atoms with Crippen LogP contribution in [0.2, 0.25) is 5.02 Å². The summed E-state index contributed by atoms with van der Waals surface area (Å²) in [5, 5.41) is 3.06. The molecule has 0 unspecified atom stereocenters. The SMILES string of the molecule is CN1CCC[C@H]1c1nc2c(ccc3cc4c(cc32)OCc2cc(Cl)ccc2-4)[nH]1. The van der Waals surface area contributed by atoms with Crippen molar-refractivity contribution in [2.45, 2.75) is 25.5 Å². The topological polar surface area (TPSA) is 41.2 Å². The monoisotopic (exact) mass is 389 g/mol. The van der Waals surface area contributed by atoms with Gasteiger partial charge in [-0.15, -0.1) is 0 Å². The summed E-state index contributed by atoms with van der Waals surface area (Å²) in [6.07, 6.45) is 2.38. The number of fused-ring (bicyclic) bond motifs is 6. The number of nitrogens with one attached hydrogen (secondary N) is 1. The molecule has 0 saturated carbocycles. The van der Waals surface area contributed by atoms with Crippen LogP contribution in [0.25, 0.3) is 32.9 Å². The average Bonchev–Trinajstić information content (AvgIpc) is 3.32. The Kier molecular flexibility index (Phi) is 3.49. The lowest BCUT2D eigenvalue weighted by Gasteiger charge is -2.21. The lowest BCUT2D eigenvalue weighted by molar-refractivity contribution is 0.303. The van der Waals surface area contributed by atoms with Crippen molar-refractivity contribution >= 4 is 33.4 Å². The number of imidazole rings is 1. The molecule has 5 heteroatoms. The second-order valence-electron chi connectivity index (χ2n) is 7.88. The number of aromatic nitrogens is 2. The molecule has 4 nitrogen and oxygen atoms in total. The molecular weight excluding hydrogens is 370 g/mol. The minimum atomic E-state index is 0.382. The Hall–Kier alpha value is -2.56. The van der Waals surface area contributed by atoms with Crippen LogP contribution in [-0.4, -0.2) is 28.5 Å². The van der Waals surface area contributed by atoms with Gasteiger partial charge in [-0.2, -0.15) is 0 Å². The molecular formula is C23H20ClN3O. The third-order valence-corrected chi connectivity index (χ3v) is 6.40. The number of nitrogens with zero attached hydrogens (tertiary/aromatic N) is 2. The third kappa shape index (κ3) is 2.38. The Balaban J connectivity index is 1.54. The van der Waals surface area contributed by atoms with Crippen molar-refractivity contribution in [3.8, 4) is 16.9 Å².